The average molecular weight is 463 g/mol. The molecule has 0 aliphatic carbocycles. The van der Waals surface area contributed by atoms with Gasteiger partial charge in [0.15, 0.2) is 5.65 Å². The second-order valence-electron chi connectivity index (χ2n) is 9.47. The van der Waals surface area contributed by atoms with E-state index in [0.717, 1.165) is 54.5 Å². The van der Waals surface area contributed by atoms with Gasteiger partial charge in [0.1, 0.15) is 6.61 Å². The molecule has 34 heavy (non-hydrogen) atoms. The number of pyridine rings is 1. The highest BCUT2D eigenvalue weighted by molar-refractivity contribution is 5.94. The quantitative estimate of drug-likeness (QED) is 0.580. The van der Waals surface area contributed by atoms with Gasteiger partial charge >= 0.3 is 5.97 Å². The minimum atomic E-state index is -0.398. The molecule has 3 aliphatic rings. The number of likely N-dealkylation sites (tertiary alicyclic amines) is 2. The first kappa shape index (κ1) is 21.2. The second kappa shape index (κ2) is 7.85. The zero-order valence-corrected chi connectivity index (χ0v) is 19.0. The predicted molar refractivity (Wildman–Crippen MR) is 121 cm³/mol. The lowest BCUT2D eigenvalue weighted by Gasteiger charge is -2.41. The summed E-state index contributed by atoms with van der Waals surface area (Å²) in [5.41, 5.74) is 3.49. The Bertz CT molecular complexity index is 1340. The molecule has 1 N–H and O–H groups in total. The van der Waals surface area contributed by atoms with Crippen LogP contribution in [0.25, 0.3) is 16.6 Å². The van der Waals surface area contributed by atoms with E-state index in [1.807, 2.05) is 24.3 Å². The maximum atomic E-state index is 13.4. The van der Waals surface area contributed by atoms with Crippen LogP contribution in [-0.2, 0) is 14.3 Å². The first-order valence-corrected chi connectivity index (χ1v) is 11.7. The van der Waals surface area contributed by atoms with Gasteiger partial charge in [-0.2, -0.15) is 4.52 Å². The molecule has 3 aliphatic heterocycles. The Balaban J connectivity index is 1.20. The van der Waals surface area contributed by atoms with Crippen molar-refractivity contribution in [3.8, 4) is 0 Å². The molecule has 0 radical (unpaired) electrons. The number of amides is 1. The number of nitrogens with zero attached hydrogens (tertiary/aromatic N) is 6. The van der Waals surface area contributed by atoms with Crippen molar-refractivity contribution in [2.45, 2.75) is 32.2 Å². The standard InChI is InChI=1S/C24H26N6O4/c1-15-20(14-34-22(15)32)29-11-8-24(23(29)33)6-9-28(10-7-24)19(13-31)17-2-4-18-16(12-17)3-5-21-25-26-27-30(18)21/h2-5,12,19,31H,6-11,13-14H2,1H3/t19-/m1/s1. The summed E-state index contributed by atoms with van der Waals surface area (Å²) in [5.74, 6) is -0.225. The van der Waals surface area contributed by atoms with Gasteiger partial charge in [-0.1, -0.05) is 6.07 Å². The van der Waals surface area contributed by atoms with Crippen LogP contribution in [0.3, 0.4) is 0 Å². The van der Waals surface area contributed by atoms with Crippen molar-refractivity contribution in [1.82, 2.24) is 29.8 Å². The molecular formula is C24H26N6O4. The summed E-state index contributed by atoms with van der Waals surface area (Å²) in [6.45, 7) is 3.99. The van der Waals surface area contributed by atoms with Crippen LogP contribution in [0.4, 0.5) is 0 Å². The maximum absolute atomic E-state index is 13.4. The van der Waals surface area contributed by atoms with Crippen molar-refractivity contribution in [3.05, 3.63) is 47.2 Å². The number of carbonyl (C=O) groups is 2. The SMILES string of the molecule is CC1=C(N2CCC3(CCN([C@H](CO)c4ccc5c(ccc6nnnn65)c4)CC3)C2=O)COC1=O. The largest absolute Gasteiger partial charge is 0.456 e. The molecule has 0 bridgehead atoms. The smallest absolute Gasteiger partial charge is 0.336 e. The van der Waals surface area contributed by atoms with Crippen LogP contribution in [0.5, 0.6) is 0 Å². The van der Waals surface area contributed by atoms with E-state index in [-0.39, 0.29) is 31.1 Å². The highest BCUT2D eigenvalue weighted by Crippen LogP contribution is 2.45. The number of tetrazole rings is 1. The number of rotatable bonds is 4. The van der Waals surface area contributed by atoms with Gasteiger partial charge in [0, 0.05) is 11.9 Å². The molecule has 10 nitrogen and oxygen atoms in total. The molecule has 1 aromatic carbocycles. The van der Waals surface area contributed by atoms with Crippen molar-refractivity contribution in [2.75, 3.05) is 32.8 Å². The van der Waals surface area contributed by atoms with E-state index in [9.17, 15) is 14.7 Å². The fourth-order valence-corrected chi connectivity index (χ4v) is 5.73. The van der Waals surface area contributed by atoms with Crippen molar-refractivity contribution in [1.29, 1.82) is 0 Å². The van der Waals surface area contributed by atoms with Crippen molar-refractivity contribution >= 4 is 28.4 Å². The Morgan fingerprint density at radius 3 is 2.65 bits per heavy atom. The highest BCUT2D eigenvalue weighted by Gasteiger charge is 2.50. The first-order chi connectivity index (χ1) is 16.5. The predicted octanol–water partition coefficient (Wildman–Crippen LogP) is 1.46. The molecule has 2 saturated heterocycles. The topological polar surface area (TPSA) is 113 Å². The molecule has 0 unspecified atom stereocenters. The van der Waals surface area contributed by atoms with Gasteiger partial charge < -0.3 is 14.7 Å². The van der Waals surface area contributed by atoms with Gasteiger partial charge in [-0.05, 0) is 79.5 Å². The molecule has 1 atom stereocenters. The van der Waals surface area contributed by atoms with Crippen molar-refractivity contribution < 1.29 is 19.4 Å². The Morgan fingerprint density at radius 2 is 1.91 bits per heavy atom. The highest BCUT2D eigenvalue weighted by atomic mass is 16.5. The van der Waals surface area contributed by atoms with E-state index < -0.39 is 5.41 Å². The fraction of sp³-hybridized carbons (Fsp3) is 0.458. The average Bonchev–Trinajstić information content (AvgIpc) is 3.55. The summed E-state index contributed by atoms with van der Waals surface area (Å²) >= 11 is 0. The number of ether oxygens (including phenoxy) is 1. The van der Waals surface area contributed by atoms with Crippen molar-refractivity contribution in [3.63, 3.8) is 0 Å². The van der Waals surface area contributed by atoms with Crippen LogP contribution in [0.1, 0.15) is 37.8 Å². The van der Waals surface area contributed by atoms with Gasteiger partial charge in [-0.3, -0.25) is 9.69 Å². The zero-order chi connectivity index (χ0) is 23.4. The monoisotopic (exact) mass is 462 g/mol. The van der Waals surface area contributed by atoms with Crippen LogP contribution in [0.2, 0.25) is 0 Å². The second-order valence-corrected chi connectivity index (χ2v) is 9.47. The molecule has 2 aromatic heterocycles. The minimum absolute atomic E-state index is 0.00274. The number of esters is 1. The third-order valence-corrected chi connectivity index (χ3v) is 7.86. The van der Waals surface area contributed by atoms with Crippen LogP contribution in [0, 0.1) is 5.41 Å². The molecule has 0 saturated carbocycles. The third kappa shape index (κ3) is 3.13. The van der Waals surface area contributed by atoms with Crippen LogP contribution < -0.4 is 0 Å². The lowest BCUT2D eigenvalue weighted by Crippen LogP contribution is -2.46. The number of hydrogen-bond acceptors (Lipinski definition) is 8. The molecule has 6 rings (SSSR count). The van der Waals surface area contributed by atoms with Gasteiger partial charge in [0.25, 0.3) is 0 Å². The molecule has 176 valence electrons. The van der Waals surface area contributed by atoms with E-state index in [1.54, 1.807) is 16.3 Å². The lowest BCUT2D eigenvalue weighted by molar-refractivity contribution is -0.139. The number of aliphatic hydroxyl groups excluding tert-OH is 1. The molecule has 3 aromatic rings. The minimum Gasteiger partial charge on any atom is -0.456 e. The summed E-state index contributed by atoms with van der Waals surface area (Å²) in [7, 11) is 0. The van der Waals surface area contributed by atoms with Gasteiger partial charge in [-0.25, -0.2) is 4.79 Å². The fourth-order valence-electron chi connectivity index (χ4n) is 5.73. The van der Waals surface area contributed by atoms with Gasteiger partial charge in [-0.15, -0.1) is 5.10 Å². The summed E-state index contributed by atoms with van der Waals surface area (Å²) in [6, 6.07) is 9.80. The third-order valence-electron chi connectivity index (χ3n) is 7.86. The Labute approximate surface area is 195 Å². The summed E-state index contributed by atoms with van der Waals surface area (Å²) in [5, 5.41) is 23.1. The van der Waals surface area contributed by atoms with Gasteiger partial charge in [0.05, 0.1) is 34.9 Å². The number of piperidine rings is 1. The van der Waals surface area contributed by atoms with E-state index >= 15 is 0 Å². The normalized spacial score (nSPS) is 21.9. The number of aliphatic hydroxyl groups is 1. The number of aromatic nitrogens is 4. The van der Waals surface area contributed by atoms with E-state index in [1.165, 1.54) is 0 Å². The summed E-state index contributed by atoms with van der Waals surface area (Å²) in [6.07, 6.45) is 2.25. The molecule has 1 spiro atoms. The van der Waals surface area contributed by atoms with Crippen LogP contribution in [-0.4, -0.2) is 79.7 Å². The number of cyclic esters (lactones) is 1. The molecule has 5 heterocycles. The maximum Gasteiger partial charge on any atom is 0.336 e. The lowest BCUT2D eigenvalue weighted by atomic mass is 9.76. The van der Waals surface area contributed by atoms with E-state index in [4.69, 9.17) is 4.74 Å². The Kier molecular flexibility index (Phi) is 4.89. The van der Waals surface area contributed by atoms with Crippen LogP contribution >= 0.6 is 0 Å². The molecule has 2 fully saturated rings. The molecule has 1 amide bonds. The molecular weight excluding hydrogens is 436 g/mol. The summed E-state index contributed by atoms with van der Waals surface area (Å²) in [4.78, 5) is 29.2. The Morgan fingerprint density at radius 1 is 1.12 bits per heavy atom. The van der Waals surface area contributed by atoms with Gasteiger partial charge in [0.2, 0.25) is 5.91 Å². The zero-order valence-electron chi connectivity index (χ0n) is 19.0. The van der Waals surface area contributed by atoms with Crippen LogP contribution in [0.15, 0.2) is 41.6 Å². The summed E-state index contributed by atoms with van der Waals surface area (Å²) < 4.78 is 6.82. The van der Waals surface area contributed by atoms with Crippen molar-refractivity contribution in [2.24, 2.45) is 5.41 Å². The number of carbonyl (C=O) groups excluding carboxylic acids is 2. The van der Waals surface area contributed by atoms with E-state index in [0.29, 0.717) is 17.8 Å². The Hall–Kier alpha value is -3.37. The number of benzene rings is 1. The molecule has 10 heteroatoms. The number of fused-ring (bicyclic) bond motifs is 3. The number of hydrogen-bond donors (Lipinski definition) is 1. The first-order valence-electron chi connectivity index (χ1n) is 11.7. The van der Waals surface area contributed by atoms with E-state index in [2.05, 4.69) is 26.5 Å².